The number of rotatable bonds is 1. The zero-order chi connectivity index (χ0) is 19.4. The van der Waals surface area contributed by atoms with Crippen molar-refractivity contribution in [3.63, 3.8) is 0 Å². The number of pyridine rings is 1. The Labute approximate surface area is 161 Å². The second kappa shape index (κ2) is 6.56. The van der Waals surface area contributed by atoms with Crippen molar-refractivity contribution in [2.45, 2.75) is 63.0 Å². The number of benzene rings is 1. The zero-order valence-corrected chi connectivity index (χ0v) is 15.5. The summed E-state index contributed by atoms with van der Waals surface area (Å²) in [6, 6.07) is 5.33. The standard InChI is InChI=1S/C22H22F3NO2/c23-22(24,25)16-7-5-14(6-8-16)19-11-21(9-10-27-19)20-15(13-28-21)12-26-18-4-2-1-3-17(18)20/h5-8,12,19H,1-4,9-11,13H2. The quantitative estimate of drug-likeness (QED) is 0.667. The van der Waals surface area contributed by atoms with Crippen LogP contribution in [-0.4, -0.2) is 11.6 Å². The molecule has 2 aliphatic heterocycles. The maximum absolute atomic E-state index is 12.9. The molecule has 0 radical (unpaired) electrons. The lowest BCUT2D eigenvalue weighted by Crippen LogP contribution is -2.36. The first-order valence-corrected chi connectivity index (χ1v) is 9.89. The molecule has 1 aliphatic carbocycles. The average Bonchev–Trinajstić information content (AvgIpc) is 3.06. The maximum atomic E-state index is 12.9. The van der Waals surface area contributed by atoms with Crippen LogP contribution in [0.25, 0.3) is 0 Å². The van der Waals surface area contributed by atoms with Gasteiger partial charge in [-0.15, -0.1) is 0 Å². The molecule has 1 saturated heterocycles. The third-order valence-corrected chi connectivity index (χ3v) is 6.35. The number of hydrogen-bond acceptors (Lipinski definition) is 3. The first-order valence-electron chi connectivity index (χ1n) is 9.89. The van der Waals surface area contributed by atoms with Crippen molar-refractivity contribution in [2.24, 2.45) is 0 Å². The number of fused-ring (bicyclic) bond motifs is 4. The van der Waals surface area contributed by atoms with E-state index in [4.69, 9.17) is 9.47 Å². The van der Waals surface area contributed by atoms with Gasteiger partial charge in [-0.3, -0.25) is 4.98 Å². The minimum Gasteiger partial charge on any atom is -0.373 e. The van der Waals surface area contributed by atoms with Crippen LogP contribution in [0.1, 0.15) is 65.3 Å². The van der Waals surface area contributed by atoms with E-state index in [0.29, 0.717) is 19.6 Å². The molecular formula is C22H22F3NO2. The molecule has 0 saturated carbocycles. The van der Waals surface area contributed by atoms with Crippen LogP contribution in [0.15, 0.2) is 30.5 Å². The lowest BCUT2D eigenvalue weighted by molar-refractivity contribution is -0.140. The molecule has 1 spiro atoms. The fraction of sp³-hybridized carbons (Fsp3) is 0.500. The van der Waals surface area contributed by atoms with E-state index in [-0.39, 0.29) is 6.10 Å². The van der Waals surface area contributed by atoms with Crippen molar-refractivity contribution >= 4 is 0 Å². The van der Waals surface area contributed by atoms with Gasteiger partial charge in [0, 0.05) is 30.3 Å². The molecule has 1 aromatic carbocycles. The van der Waals surface area contributed by atoms with Crippen molar-refractivity contribution in [1.82, 2.24) is 4.98 Å². The second-order valence-corrected chi connectivity index (χ2v) is 8.01. The summed E-state index contributed by atoms with van der Waals surface area (Å²) in [7, 11) is 0. The van der Waals surface area contributed by atoms with Gasteiger partial charge in [-0.05, 0) is 54.5 Å². The summed E-state index contributed by atoms with van der Waals surface area (Å²) >= 11 is 0. The smallest absolute Gasteiger partial charge is 0.373 e. The van der Waals surface area contributed by atoms with E-state index in [1.807, 2.05) is 6.20 Å². The largest absolute Gasteiger partial charge is 0.416 e. The normalized spacial score (nSPS) is 26.9. The number of nitrogens with zero attached hydrogens (tertiary/aromatic N) is 1. The van der Waals surface area contributed by atoms with Crippen LogP contribution in [-0.2, 0) is 40.7 Å². The molecule has 1 fully saturated rings. The van der Waals surface area contributed by atoms with Gasteiger partial charge < -0.3 is 9.47 Å². The number of ether oxygens (including phenoxy) is 2. The lowest BCUT2D eigenvalue weighted by atomic mass is 9.77. The Kier molecular flexibility index (Phi) is 4.25. The number of aromatic nitrogens is 1. The van der Waals surface area contributed by atoms with Gasteiger partial charge in [0.05, 0.1) is 30.5 Å². The van der Waals surface area contributed by atoms with E-state index >= 15 is 0 Å². The molecular weight excluding hydrogens is 367 g/mol. The fourth-order valence-electron chi connectivity index (χ4n) is 4.97. The Morgan fingerprint density at radius 3 is 2.64 bits per heavy atom. The Morgan fingerprint density at radius 2 is 1.86 bits per heavy atom. The topological polar surface area (TPSA) is 31.4 Å². The Morgan fingerprint density at radius 1 is 1.07 bits per heavy atom. The Bertz CT molecular complexity index is 890. The molecule has 2 aromatic rings. The van der Waals surface area contributed by atoms with Crippen molar-refractivity contribution in [3.05, 3.63) is 64.0 Å². The minimum absolute atomic E-state index is 0.269. The summed E-state index contributed by atoms with van der Waals surface area (Å²) in [4.78, 5) is 4.66. The predicted molar refractivity (Wildman–Crippen MR) is 96.7 cm³/mol. The van der Waals surface area contributed by atoms with E-state index in [1.54, 1.807) is 0 Å². The molecule has 0 amide bonds. The highest BCUT2D eigenvalue weighted by atomic mass is 19.4. The first-order chi connectivity index (χ1) is 13.5. The van der Waals surface area contributed by atoms with E-state index in [0.717, 1.165) is 42.5 Å². The van der Waals surface area contributed by atoms with Crippen molar-refractivity contribution in [3.8, 4) is 0 Å². The molecule has 1 aromatic heterocycles. The zero-order valence-electron chi connectivity index (χ0n) is 15.5. The number of hydrogen-bond donors (Lipinski definition) is 0. The van der Waals surface area contributed by atoms with Crippen LogP contribution in [0.5, 0.6) is 0 Å². The highest BCUT2D eigenvalue weighted by Crippen LogP contribution is 2.51. The molecule has 3 heterocycles. The molecule has 3 aliphatic rings. The highest BCUT2D eigenvalue weighted by molar-refractivity contribution is 5.45. The van der Waals surface area contributed by atoms with Gasteiger partial charge in [0.1, 0.15) is 0 Å². The van der Waals surface area contributed by atoms with Gasteiger partial charge in [-0.25, -0.2) is 0 Å². The molecule has 28 heavy (non-hydrogen) atoms. The summed E-state index contributed by atoms with van der Waals surface area (Å²) < 4.78 is 50.9. The summed E-state index contributed by atoms with van der Waals surface area (Å²) in [5.41, 5.74) is 4.70. The number of aryl methyl sites for hydroxylation is 1. The van der Waals surface area contributed by atoms with Crippen molar-refractivity contribution in [1.29, 1.82) is 0 Å². The molecule has 3 nitrogen and oxygen atoms in total. The Hall–Kier alpha value is -1.92. The van der Waals surface area contributed by atoms with Crippen molar-refractivity contribution in [2.75, 3.05) is 6.61 Å². The third-order valence-electron chi connectivity index (χ3n) is 6.35. The molecule has 2 unspecified atom stereocenters. The van der Waals surface area contributed by atoms with Crippen molar-refractivity contribution < 1.29 is 22.6 Å². The van der Waals surface area contributed by atoms with E-state index < -0.39 is 17.3 Å². The van der Waals surface area contributed by atoms with Gasteiger partial charge in [0.15, 0.2) is 0 Å². The van der Waals surface area contributed by atoms with E-state index in [1.165, 1.54) is 41.8 Å². The van der Waals surface area contributed by atoms with E-state index in [2.05, 4.69) is 4.98 Å². The van der Waals surface area contributed by atoms with Crippen LogP contribution in [0.2, 0.25) is 0 Å². The molecule has 0 bridgehead atoms. The van der Waals surface area contributed by atoms with E-state index in [9.17, 15) is 13.2 Å². The molecule has 6 heteroatoms. The second-order valence-electron chi connectivity index (χ2n) is 8.01. The molecule has 5 rings (SSSR count). The predicted octanol–water partition coefficient (Wildman–Crippen LogP) is 5.26. The number of alkyl halides is 3. The summed E-state index contributed by atoms with van der Waals surface area (Å²) in [5, 5.41) is 0. The van der Waals surface area contributed by atoms with Gasteiger partial charge in [-0.1, -0.05) is 12.1 Å². The van der Waals surface area contributed by atoms with Gasteiger partial charge in [-0.2, -0.15) is 13.2 Å². The highest BCUT2D eigenvalue weighted by Gasteiger charge is 2.47. The van der Waals surface area contributed by atoms with Crippen LogP contribution < -0.4 is 0 Å². The van der Waals surface area contributed by atoms with Crippen LogP contribution in [0.3, 0.4) is 0 Å². The van der Waals surface area contributed by atoms with Gasteiger partial charge in [0.2, 0.25) is 0 Å². The van der Waals surface area contributed by atoms with Crippen LogP contribution >= 0.6 is 0 Å². The van der Waals surface area contributed by atoms with Gasteiger partial charge in [0.25, 0.3) is 0 Å². The van der Waals surface area contributed by atoms with Gasteiger partial charge >= 0.3 is 6.18 Å². The monoisotopic (exact) mass is 389 g/mol. The lowest BCUT2D eigenvalue weighted by Gasteiger charge is -2.39. The molecule has 2 atom stereocenters. The first kappa shape index (κ1) is 18.1. The maximum Gasteiger partial charge on any atom is 0.416 e. The number of halogens is 3. The Balaban J connectivity index is 1.48. The summed E-state index contributed by atoms with van der Waals surface area (Å²) in [6.07, 6.45) is 3.14. The SMILES string of the molecule is FC(F)(F)c1ccc(C2CC3(CCO2)OCc2cnc4c(c23)CCCC4)cc1. The average molecular weight is 389 g/mol. The van der Waals surface area contributed by atoms with Crippen LogP contribution in [0, 0.1) is 0 Å². The summed E-state index contributed by atoms with van der Waals surface area (Å²) in [6.45, 7) is 1.08. The summed E-state index contributed by atoms with van der Waals surface area (Å²) in [5.74, 6) is 0. The minimum atomic E-state index is -4.33. The third kappa shape index (κ3) is 2.94. The molecule has 0 N–H and O–H groups in total. The molecule has 148 valence electrons. The van der Waals surface area contributed by atoms with Crippen LogP contribution in [0.4, 0.5) is 13.2 Å². The fourth-order valence-corrected chi connectivity index (χ4v) is 4.97.